The normalized spacial score (nSPS) is 13.0. The lowest BCUT2D eigenvalue weighted by Crippen LogP contribution is -2.41. The minimum Gasteiger partial charge on any atom is -0.453 e. The number of benzene rings is 2. The predicted molar refractivity (Wildman–Crippen MR) is 115 cm³/mol. The molecular formula is C24H28N2O3. The number of aromatic amines is 1. The van der Waals surface area contributed by atoms with Crippen molar-refractivity contribution in [2.24, 2.45) is 0 Å². The molecule has 2 N–H and O–H groups in total. The standard InChI is InChI=1S/C24H28N2O3/c1-17(12-13-19-8-4-3-5-9-19)26-24(28)18(2)29-23(27)15-14-20-16-25-22-11-7-6-10-21(20)22/h3-11,16-18,25H,12-15H2,1-2H3,(H,26,28)/t17-,18+/m0/s1. The maximum absolute atomic E-state index is 12.3. The summed E-state index contributed by atoms with van der Waals surface area (Å²) in [6.07, 6.45) is 3.65. The molecule has 0 spiro atoms. The van der Waals surface area contributed by atoms with E-state index in [1.165, 1.54) is 5.56 Å². The van der Waals surface area contributed by atoms with Gasteiger partial charge < -0.3 is 15.0 Å². The van der Waals surface area contributed by atoms with Gasteiger partial charge in [0.2, 0.25) is 0 Å². The first-order valence-electron chi connectivity index (χ1n) is 10.1. The van der Waals surface area contributed by atoms with Gasteiger partial charge in [0.25, 0.3) is 5.91 Å². The fourth-order valence-electron chi connectivity index (χ4n) is 3.35. The van der Waals surface area contributed by atoms with Crippen LogP contribution in [0.3, 0.4) is 0 Å². The van der Waals surface area contributed by atoms with Gasteiger partial charge in [-0.3, -0.25) is 9.59 Å². The zero-order chi connectivity index (χ0) is 20.6. The summed E-state index contributed by atoms with van der Waals surface area (Å²) < 4.78 is 5.32. The highest BCUT2D eigenvalue weighted by molar-refractivity contribution is 5.85. The summed E-state index contributed by atoms with van der Waals surface area (Å²) in [5, 5.41) is 4.04. The third-order valence-corrected chi connectivity index (χ3v) is 5.05. The molecule has 0 saturated carbocycles. The van der Waals surface area contributed by atoms with Gasteiger partial charge in [-0.15, -0.1) is 0 Å². The summed E-state index contributed by atoms with van der Waals surface area (Å²) in [6.45, 7) is 3.58. The van der Waals surface area contributed by atoms with Crippen LogP contribution in [-0.2, 0) is 27.2 Å². The number of carbonyl (C=O) groups excluding carboxylic acids is 2. The second kappa shape index (κ2) is 9.92. The van der Waals surface area contributed by atoms with Crippen LogP contribution in [0.5, 0.6) is 0 Å². The smallest absolute Gasteiger partial charge is 0.306 e. The van der Waals surface area contributed by atoms with Crippen LogP contribution < -0.4 is 5.32 Å². The molecule has 152 valence electrons. The molecule has 3 aromatic rings. The van der Waals surface area contributed by atoms with Crippen LogP contribution in [0.25, 0.3) is 10.9 Å². The maximum atomic E-state index is 12.3. The van der Waals surface area contributed by atoms with Gasteiger partial charge in [0, 0.05) is 29.6 Å². The molecule has 5 heteroatoms. The van der Waals surface area contributed by atoms with E-state index >= 15 is 0 Å². The van der Waals surface area contributed by atoms with E-state index in [-0.39, 0.29) is 24.3 Å². The lowest BCUT2D eigenvalue weighted by molar-refractivity contribution is -0.155. The number of hydrogen-bond acceptors (Lipinski definition) is 3. The molecule has 2 atom stereocenters. The highest BCUT2D eigenvalue weighted by Crippen LogP contribution is 2.19. The SMILES string of the molecule is C[C@@H](CCc1ccccc1)NC(=O)[C@@H](C)OC(=O)CCc1c[nH]c2ccccc12. The minimum absolute atomic E-state index is 0.00933. The Hall–Kier alpha value is -3.08. The van der Waals surface area contributed by atoms with Crippen molar-refractivity contribution in [2.45, 2.75) is 51.7 Å². The summed E-state index contributed by atoms with van der Waals surface area (Å²) >= 11 is 0. The van der Waals surface area contributed by atoms with E-state index in [4.69, 9.17) is 4.74 Å². The average molecular weight is 392 g/mol. The highest BCUT2D eigenvalue weighted by atomic mass is 16.5. The monoisotopic (exact) mass is 392 g/mol. The van der Waals surface area contributed by atoms with E-state index in [2.05, 4.69) is 22.4 Å². The largest absolute Gasteiger partial charge is 0.453 e. The van der Waals surface area contributed by atoms with E-state index in [0.717, 1.165) is 29.3 Å². The molecule has 0 saturated heterocycles. The number of rotatable bonds is 9. The molecule has 5 nitrogen and oxygen atoms in total. The van der Waals surface area contributed by atoms with Gasteiger partial charge >= 0.3 is 5.97 Å². The first-order chi connectivity index (χ1) is 14.0. The molecule has 1 aromatic heterocycles. The summed E-state index contributed by atoms with van der Waals surface area (Å²) in [5.74, 6) is -0.624. The van der Waals surface area contributed by atoms with Gasteiger partial charge in [-0.05, 0) is 50.3 Å². The topological polar surface area (TPSA) is 71.2 Å². The van der Waals surface area contributed by atoms with Gasteiger partial charge in [0.05, 0.1) is 0 Å². The molecule has 1 heterocycles. The zero-order valence-corrected chi connectivity index (χ0v) is 17.0. The van der Waals surface area contributed by atoms with Crippen LogP contribution in [0.1, 0.15) is 37.8 Å². The fraction of sp³-hybridized carbons (Fsp3) is 0.333. The highest BCUT2D eigenvalue weighted by Gasteiger charge is 2.19. The van der Waals surface area contributed by atoms with Crippen molar-refractivity contribution in [3.05, 3.63) is 71.9 Å². The Bertz CT molecular complexity index is 949. The van der Waals surface area contributed by atoms with Crippen molar-refractivity contribution in [1.29, 1.82) is 0 Å². The number of nitrogens with one attached hydrogen (secondary N) is 2. The van der Waals surface area contributed by atoms with E-state index in [1.54, 1.807) is 6.92 Å². The Balaban J connectivity index is 1.40. The van der Waals surface area contributed by atoms with Crippen molar-refractivity contribution >= 4 is 22.8 Å². The summed E-state index contributed by atoms with van der Waals surface area (Å²) in [4.78, 5) is 27.7. The van der Waals surface area contributed by atoms with Crippen LogP contribution in [0, 0.1) is 0 Å². The number of aromatic nitrogens is 1. The maximum Gasteiger partial charge on any atom is 0.306 e. The van der Waals surface area contributed by atoms with Crippen molar-refractivity contribution in [3.8, 4) is 0 Å². The number of hydrogen-bond donors (Lipinski definition) is 2. The zero-order valence-electron chi connectivity index (χ0n) is 17.0. The number of ether oxygens (including phenoxy) is 1. The summed E-state index contributed by atoms with van der Waals surface area (Å²) in [6, 6.07) is 18.1. The van der Waals surface area contributed by atoms with Gasteiger partial charge in [0.1, 0.15) is 0 Å². The molecule has 0 aliphatic carbocycles. The third kappa shape index (κ3) is 5.95. The van der Waals surface area contributed by atoms with Crippen molar-refractivity contribution in [3.63, 3.8) is 0 Å². The number of para-hydroxylation sites is 1. The molecule has 1 amide bonds. The molecule has 0 unspecified atom stereocenters. The van der Waals surface area contributed by atoms with Crippen LogP contribution in [0.4, 0.5) is 0 Å². The van der Waals surface area contributed by atoms with Gasteiger partial charge in [-0.2, -0.15) is 0 Å². The molecule has 0 bridgehead atoms. The molecule has 29 heavy (non-hydrogen) atoms. The molecule has 0 aliphatic rings. The first-order valence-corrected chi connectivity index (χ1v) is 10.1. The Kier molecular flexibility index (Phi) is 7.06. The minimum atomic E-state index is -0.801. The first kappa shape index (κ1) is 20.6. The van der Waals surface area contributed by atoms with Crippen LogP contribution in [0.15, 0.2) is 60.8 Å². The molecule has 3 rings (SSSR count). The Morgan fingerprint density at radius 1 is 1.00 bits per heavy atom. The van der Waals surface area contributed by atoms with E-state index in [0.29, 0.717) is 6.42 Å². The van der Waals surface area contributed by atoms with Crippen LogP contribution in [0.2, 0.25) is 0 Å². The summed E-state index contributed by atoms with van der Waals surface area (Å²) in [7, 11) is 0. The van der Waals surface area contributed by atoms with Gasteiger partial charge in [0.15, 0.2) is 6.10 Å². The quantitative estimate of drug-likeness (QED) is 0.537. The van der Waals surface area contributed by atoms with E-state index in [9.17, 15) is 9.59 Å². The molecular weight excluding hydrogens is 364 g/mol. The molecule has 0 aliphatic heterocycles. The van der Waals surface area contributed by atoms with E-state index in [1.807, 2.05) is 55.6 Å². The van der Waals surface area contributed by atoms with E-state index < -0.39 is 6.10 Å². The van der Waals surface area contributed by atoms with Crippen LogP contribution >= 0.6 is 0 Å². The lowest BCUT2D eigenvalue weighted by Gasteiger charge is -2.18. The number of aryl methyl sites for hydroxylation is 2. The number of fused-ring (bicyclic) bond motifs is 1. The second-order valence-electron chi connectivity index (χ2n) is 7.43. The number of H-pyrrole nitrogens is 1. The average Bonchev–Trinajstić information content (AvgIpc) is 3.14. The lowest BCUT2D eigenvalue weighted by atomic mass is 10.1. The fourth-order valence-corrected chi connectivity index (χ4v) is 3.35. The van der Waals surface area contributed by atoms with Crippen LogP contribution in [-0.4, -0.2) is 29.0 Å². The Labute approximate surface area is 171 Å². The molecule has 0 radical (unpaired) electrons. The number of esters is 1. The number of carbonyl (C=O) groups is 2. The van der Waals surface area contributed by atoms with Gasteiger partial charge in [-0.1, -0.05) is 48.5 Å². The van der Waals surface area contributed by atoms with Crippen molar-refractivity contribution in [1.82, 2.24) is 10.3 Å². The van der Waals surface area contributed by atoms with Gasteiger partial charge in [-0.25, -0.2) is 0 Å². The molecule has 2 aromatic carbocycles. The van der Waals surface area contributed by atoms with Crippen molar-refractivity contribution in [2.75, 3.05) is 0 Å². The summed E-state index contributed by atoms with van der Waals surface area (Å²) in [5.41, 5.74) is 3.36. The predicted octanol–water partition coefficient (Wildman–Crippen LogP) is 4.17. The third-order valence-electron chi connectivity index (χ3n) is 5.05. The molecule has 0 fully saturated rings. The Morgan fingerprint density at radius 2 is 1.72 bits per heavy atom. The Morgan fingerprint density at radius 3 is 2.52 bits per heavy atom. The second-order valence-corrected chi connectivity index (χ2v) is 7.43. The van der Waals surface area contributed by atoms with Crippen molar-refractivity contribution < 1.29 is 14.3 Å². The number of amides is 1.